The summed E-state index contributed by atoms with van der Waals surface area (Å²) in [7, 11) is -1.57. The fraction of sp³-hybridized carbons (Fsp3) is 0.346. The van der Waals surface area contributed by atoms with Crippen molar-refractivity contribution in [1.82, 2.24) is 37.9 Å². The molecule has 20 rings (SSSR count). The summed E-state index contributed by atoms with van der Waals surface area (Å²) in [6, 6.07) is 73.5. The minimum absolute atomic E-state index is 0.0129. The van der Waals surface area contributed by atoms with E-state index < -0.39 is 47.3 Å². The smallest absolute Gasteiger partial charge is 0.253 e. The van der Waals surface area contributed by atoms with Crippen molar-refractivity contribution in [3.05, 3.63) is 298 Å². The van der Waals surface area contributed by atoms with Crippen LogP contribution >= 0.6 is 0 Å². The lowest BCUT2D eigenvalue weighted by atomic mass is 9.80. The maximum atomic E-state index is 13.3. The monoisotopic (exact) mass is 1870 g/mol. The van der Waals surface area contributed by atoms with E-state index in [9.17, 15) is 51.6 Å². The van der Waals surface area contributed by atoms with E-state index in [1.807, 2.05) is 166 Å². The molecule has 27 nitrogen and oxygen atoms in total. The van der Waals surface area contributed by atoms with Gasteiger partial charge in [0.2, 0.25) is 0 Å². The Bertz CT molecular complexity index is 6870. The highest BCUT2D eigenvalue weighted by Gasteiger charge is 2.51. The summed E-state index contributed by atoms with van der Waals surface area (Å²) in [5.41, 5.74) is 11.6. The fourth-order valence-electron chi connectivity index (χ4n) is 19.8. The summed E-state index contributed by atoms with van der Waals surface area (Å²) in [5.74, 6) is 4.53. The number of aromatic nitrogens is 4. The summed E-state index contributed by atoms with van der Waals surface area (Å²) in [6.45, 7) is 18.6. The normalized spacial score (nSPS) is 16.4. The summed E-state index contributed by atoms with van der Waals surface area (Å²) in [4.78, 5) is 60.6. The molecule has 4 fully saturated rings. The van der Waals surface area contributed by atoms with Gasteiger partial charge in [0, 0.05) is 169 Å². The maximum Gasteiger partial charge on any atom is 0.253 e. The molecule has 0 aliphatic carbocycles. The molecule has 0 radical (unpaired) electrons. The molecule has 29 heteroatoms. The highest BCUT2D eigenvalue weighted by Crippen LogP contribution is 2.53. The van der Waals surface area contributed by atoms with Gasteiger partial charge in [0.05, 0.1) is 76.4 Å². The molecule has 4 spiro atoms. The average Bonchev–Trinajstić information content (AvgIpc) is 1.52. The van der Waals surface area contributed by atoms with Gasteiger partial charge in [0.25, 0.3) is 23.6 Å². The zero-order valence-electron chi connectivity index (χ0n) is 78.3. The van der Waals surface area contributed by atoms with E-state index in [1.54, 1.807) is 97.0 Å². The summed E-state index contributed by atoms with van der Waals surface area (Å²) in [5, 5.41) is 28.8. The van der Waals surface area contributed by atoms with E-state index in [-0.39, 0.29) is 51.7 Å². The number of nitriles is 2. The number of ether oxygens (including phenoxy) is 8. The van der Waals surface area contributed by atoms with Gasteiger partial charge in [0.15, 0.2) is 48.0 Å². The number of carbonyl (C=O) groups excluding carboxylic acids is 4. The number of nitrogens with zero attached hydrogens (tertiary/aromatic N) is 10. The third kappa shape index (κ3) is 17.9. The Morgan fingerprint density at radius 2 is 0.868 bits per heavy atom. The summed E-state index contributed by atoms with van der Waals surface area (Å²) < 4.78 is 106. The van der Waals surface area contributed by atoms with Crippen molar-refractivity contribution in [1.29, 1.82) is 10.5 Å². The molecule has 0 unspecified atom stereocenters. The molecule has 0 atom stereocenters. The second-order valence-electron chi connectivity index (χ2n) is 37.2. The van der Waals surface area contributed by atoms with Crippen LogP contribution in [0.2, 0.25) is 0 Å². The molecule has 4 amide bonds. The molecule has 0 bridgehead atoms. The van der Waals surface area contributed by atoms with Gasteiger partial charge in [-0.2, -0.15) is 10.5 Å². The topological polar surface area (TPSA) is 311 Å². The number of fused-ring (bicyclic) bond motifs is 16. The van der Waals surface area contributed by atoms with Crippen LogP contribution in [-0.2, 0) is 65.9 Å². The molecule has 1 N–H and O–H groups in total. The van der Waals surface area contributed by atoms with Gasteiger partial charge >= 0.3 is 0 Å². The highest BCUT2D eigenvalue weighted by atomic mass is 32.2. The lowest BCUT2D eigenvalue weighted by Crippen LogP contribution is -2.50. The van der Waals surface area contributed by atoms with Gasteiger partial charge in [0.1, 0.15) is 69.5 Å². The quantitative estimate of drug-likeness (QED) is 0.0932. The highest BCUT2D eigenvalue weighted by molar-refractivity contribution is 7.92. The molecule has 0 saturated carbocycles. The predicted molar refractivity (Wildman–Crippen MR) is 513 cm³/mol. The second-order valence-corrected chi connectivity index (χ2v) is 41.7. The van der Waals surface area contributed by atoms with Crippen molar-refractivity contribution in [3.63, 3.8) is 0 Å². The first-order valence-electron chi connectivity index (χ1n) is 46.1. The van der Waals surface area contributed by atoms with Crippen LogP contribution in [0.4, 0.5) is 0 Å². The van der Waals surface area contributed by atoms with E-state index >= 15 is 0 Å². The number of amides is 4. The van der Waals surface area contributed by atoms with Crippen LogP contribution < -0.4 is 33.2 Å². The third-order valence-electron chi connectivity index (χ3n) is 27.1. The van der Waals surface area contributed by atoms with Crippen LogP contribution in [-0.4, -0.2) is 181 Å². The molecule has 8 aliphatic heterocycles. The van der Waals surface area contributed by atoms with Gasteiger partial charge in [-0.05, 0) is 202 Å². The number of piperidine rings is 4. The molecule has 8 aliphatic rings. The number of aryl methyl sites for hydroxylation is 1. The van der Waals surface area contributed by atoms with Crippen LogP contribution in [0.1, 0.15) is 186 Å². The third-order valence-corrected chi connectivity index (χ3v) is 30.4. The summed E-state index contributed by atoms with van der Waals surface area (Å²) in [6.07, 6.45) is 8.30. The van der Waals surface area contributed by atoms with Crippen LogP contribution in [0.25, 0.3) is 28.3 Å². The van der Waals surface area contributed by atoms with Gasteiger partial charge in [-0.3, -0.25) is 32.9 Å². The largest absolute Gasteiger partial charge is 0.493 e. The van der Waals surface area contributed by atoms with E-state index in [1.165, 1.54) is 35.2 Å². The number of likely N-dealkylation sites (tertiary alicyclic amines) is 4. The predicted octanol–water partition coefficient (Wildman–Crippen LogP) is 17.2. The number of aliphatic hydroxyl groups excluding tert-OH is 1. The molecule has 4 aromatic heterocycles. The Morgan fingerprint density at radius 1 is 0.463 bits per heavy atom. The summed E-state index contributed by atoms with van der Waals surface area (Å²) >= 11 is 0. The molecular formula is C107H112N10O17S2. The van der Waals surface area contributed by atoms with Crippen molar-refractivity contribution in [3.8, 4) is 80.7 Å². The molecule has 12 heterocycles. The molecule has 12 aromatic rings. The first-order valence-corrected chi connectivity index (χ1v) is 49.5. The van der Waals surface area contributed by atoms with Gasteiger partial charge < -0.3 is 67.2 Å². The lowest BCUT2D eigenvalue weighted by Gasteiger charge is -2.45. The van der Waals surface area contributed by atoms with Gasteiger partial charge in [-0.25, -0.2) is 16.8 Å². The van der Waals surface area contributed by atoms with E-state index in [0.29, 0.717) is 166 Å². The number of sulfone groups is 2. The van der Waals surface area contributed by atoms with Crippen LogP contribution in [0.15, 0.2) is 241 Å². The van der Waals surface area contributed by atoms with Crippen molar-refractivity contribution in [2.24, 2.45) is 7.05 Å². The van der Waals surface area contributed by atoms with Gasteiger partial charge in [-0.15, -0.1) is 0 Å². The molecule has 136 heavy (non-hydrogen) atoms. The van der Waals surface area contributed by atoms with Crippen LogP contribution in [0.3, 0.4) is 0 Å². The van der Waals surface area contributed by atoms with Crippen molar-refractivity contribution < 1.29 is 79.0 Å². The number of aliphatic hydroxyl groups is 1. The van der Waals surface area contributed by atoms with Crippen LogP contribution in [0.5, 0.6) is 40.2 Å². The number of hydrogen-bond acceptors (Lipinski definition) is 19. The van der Waals surface area contributed by atoms with Gasteiger partial charge in [-0.1, -0.05) is 81.4 Å². The molecule has 704 valence electrons. The Hall–Kier alpha value is -13.8. The molecule has 4 saturated heterocycles. The number of hydrogen-bond donors (Lipinski definition) is 1. The molecule has 8 aromatic carbocycles. The van der Waals surface area contributed by atoms with E-state index in [0.717, 1.165) is 69.7 Å². The first kappa shape index (κ1) is 93.9. The van der Waals surface area contributed by atoms with Crippen molar-refractivity contribution >= 4 is 43.3 Å². The zero-order chi connectivity index (χ0) is 96.0. The van der Waals surface area contributed by atoms with Crippen molar-refractivity contribution in [2.45, 2.75) is 156 Å². The number of rotatable bonds is 15. The second kappa shape index (κ2) is 37.8. The minimum atomic E-state index is -3.46. The van der Waals surface area contributed by atoms with E-state index in [2.05, 4.69) is 75.0 Å². The number of benzene rings is 8. The lowest BCUT2D eigenvalue weighted by molar-refractivity contribution is -0.0103. The van der Waals surface area contributed by atoms with Crippen molar-refractivity contribution in [2.75, 3.05) is 86.0 Å². The Kier molecular flexibility index (Phi) is 26.1. The fourth-order valence-corrected chi connectivity index (χ4v) is 21.7. The Balaban J connectivity index is 0.000000126. The van der Waals surface area contributed by atoms with E-state index in [4.69, 9.17) is 37.9 Å². The number of carbonyl (C=O) groups is 4. The standard InChI is InChI=1S/C27H27N3O2.C27H30N2O6S.C27H30N2O5.C26H25N3O4S/c1-26(2,3)20-10-8-19(9-11-20)25(31)29-16-14-27(15-17-29)24-13-12-21(18-28)30(24)22-6-4-5-7-23(22)32-27;1-18(2)34-22-9-8-19(16-20(22)17-30)26(31)28-14-12-27(13-15-28)24-10-11-25(36(3,32)33)29(24)21-6-4-5-7-23(21)35-27;1-28-13-10-21-25(28)20-6-4-5-7-22(20)34-27(21)11-14-29(15-12-27)26(30)19-8-9-23(24(18-19)32-3)33-17-16-31-2;1-18(2)34(31,32)21-10-7-19(8-11-21)25(30)28-15-13-26(14-16-28)24-12-9-20(17-27)29(24)22-5-3-4-6-23(22)33-26/h4-13H,14-17H2,1-3H3;4-11,16,18,30H,12-15,17H2,1-3H3;4-10,13,18H,11-12,14-17H2,1-3H3;3-12,18H,13-16H2,1-2H3. The SMILES string of the molecule is CC(C)(C)c1ccc(C(=O)N2CCC3(CC2)Oc2ccccc2-n2c(C#N)ccc23)cc1.CC(C)Oc1ccc(C(=O)N2CCC3(CC2)Oc2ccccc2-n2c3ccc2S(C)(=O)=O)cc1CO.CC(C)S(=O)(=O)c1ccc(C(=O)N2CCC3(CC2)Oc2ccccc2-n2c(C#N)ccc23)cc1.COCCOc1ccc(C(=O)N2CCC3(CC2)Oc2ccccc2-c2c3ccn2C)cc1OC. The van der Waals surface area contributed by atoms with Crippen LogP contribution in [0, 0.1) is 22.7 Å². The number of para-hydroxylation sites is 7. The molecular weight excluding hydrogens is 1760 g/mol. The first-order chi connectivity index (χ1) is 65.3. The Labute approximate surface area is 793 Å². The zero-order valence-corrected chi connectivity index (χ0v) is 79.9. The Morgan fingerprint density at radius 3 is 1.31 bits per heavy atom. The average molecular weight is 1870 g/mol. The minimum Gasteiger partial charge on any atom is -0.493 e. The number of methoxy groups -OCH3 is 2. The maximum absolute atomic E-state index is 13.3.